The van der Waals surface area contributed by atoms with E-state index < -0.39 is 22.1 Å². The molecule has 1 aromatic heterocycles. The zero-order valence-corrected chi connectivity index (χ0v) is 14.8. The first-order valence-corrected chi connectivity index (χ1v) is 9.77. The van der Waals surface area contributed by atoms with Crippen molar-refractivity contribution in [3.05, 3.63) is 35.7 Å². The molecule has 0 aliphatic heterocycles. The highest BCUT2D eigenvalue weighted by Crippen LogP contribution is 2.32. The van der Waals surface area contributed by atoms with Crippen LogP contribution in [0.1, 0.15) is 50.1 Å². The summed E-state index contributed by atoms with van der Waals surface area (Å²) in [5, 5.41) is 3.02. The first-order chi connectivity index (χ1) is 12.2. The van der Waals surface area contributed by atoms with Gasteiger partial charge in [0.05, 0.1) is 5.25 Å². The molecule has 10 heteroatoms. The second kappa shape index (κ2) is 6.99. The summed E-state index contributed by atoms with van der Waals surface area (Å²) in [4.78, 5) is 3.34. The van der Waals surface area contributed by atoms with Gasteiger partial charge in [-0.05, 0) is 24.8 Å². The molecule has 1 N–H and O–H groups in total. The number of nitrogens with one attached hydrogen (secondary N) is 1. The highest BCUT2D eigenvalue weighted by Gasteiger charge is 2.39. The maximum Gasteiger partial charge on any atom is 0.471 e. The minimum atomic E-state index is -4.70. The van der Waals surface area contributed by atoms with Crippen LogP contribution < -0.4 is 4.72 Å². The summed E-state index contributed by atoms with van der Waals surface area (Å²) >= 11 is 0. The van der Waals surface area contributed by atoms with E-state index in [0.29, 0.717) is 24.8 Å². The van der Waals surface area contributed by atoms with Crippen LogP contribution in [0.4, 0.5) is 13.2 Å². The Morgan fingerprint density at radius 3 is 2.42 bits per heavy atom. The average Bonchev–Trinajstić information content (AvgIpc) is 3.31. The largest absolute Gasteiger partial charge is 0.471 e. The van der Waals surface area contributed by atoms with Crippen LogP contribution in [0.3, 0.4) is 0 Å². The second-order valence-electron chi connectivity index (χ2n) is 6.25. The zero-order chi connectivity index (χ0) is 18.9. The molecule has 1 saturated carbocycles. The van der Waals surface area contributed by atoms with Crippen LogP contribution in [-0.2, 0) is 16.2 Å². The van der Waals surface area contributed by atoms with E-state index in [1.54, 1.807) is 24.3 Å². The van der Waals surface area contributed by atoms with Crippen molar-refractivity contribution >= 4 is 10.0 Å². The van der Waals surface area contributed by atoms with Gasteiger partial charge in [0.25, 0.3) is 0 Å². The minimum absolute atomic E-state index is 0.172. The summed E-state index contributed by atoms with van der Waals surface area (Å²) < 4.78 is 68.9. The lowest BCUT2D eigenvalue weighted by atomic mass is 10.0. The van der Waals surface area contributed by atoms with Gasteiger partial charge >= 0.3 is 12.1 Å². The maximum atomic E-state index is 12.5. The fourth-order valence-corrected chi connectivity index (χ4v) is 4.18. The molecule has 1 aromatic carbocycles. The summed E-state index contributed by atoms with van der Waals surface area (Å²) in [7, 11) is -3.35. The number of hydrogen-bond donors (Lipinski definition) is 1. The van der Waals surface area contributed by atoms with Gasteiger partial charge in [-0.15, -0.1) is 0 Å². The van der Waals surface area contributed by atoms with Gasteiger partial charge in [0, 0.05) is 11.6 Å². The van der Waals surface area contributed by atoms with Gasteiger partial charge in [0.1, 0.15) is 0 Å². The fraction of sp³-hybridized carbons (Fsp3) is 0.500. The Morgan fingerprint density at radius 2 is 1.92 bits per heavy atom. The minimum Gasteiger partial charge on any atom is -0.329 e. The van der Waals surface area contributed by atoms with Crippen LogP contribution in [0.15, 0.2) is 28.8 Å². The van der Waals surface area contributed by atoms with Gasteiger partial charge in [0.2, 0.25) is 15.8 Å². The Labute approximate surface area is 148 Å². The standard InChI is InChI=1S/C16H18F3N3O3S/c1-2-3-13(22-26(23,24)12-8-9-12)10-4-6-11(7-5-10)14-20-15(25-21-14)16(17,18)19/h4-7,12-13,22H,2-3,8-9H2,1H3. The average molecular weight is 389 g/mol. The number of benzene rings is 1. The first-order valence-electron chi connectivity index (χ1n) is 8.23. The highest BCUT2D eigenvalue weighted by molar-refractivity contribution is 7.90. The van der Waals surface area contributed by atoms with Crippen molar-refractivity contribution in [3.63, 3.8) is 0 Å². The quantitative estimate of drug-likeness (QED) is 0.781. The van der Waals surface area contributed by atoms with Crippen LogP contribution in [0.2, 0.25) is 0 Å². The van der Waals surface area contributed by atoms with Crippen molar-refractivity contribution < 1.29 is 26.1 Å². The number of alkyl halides is 3. The number of nitrogens with zero attached hydrogens (tertiary/aromatic N) is 2. The molecule has 1 fully saturated rings. The van der Waals surface area contributed by atoms with Crippen LogP contribution in [-0.4, -0.2) is 23.8 Å². The molecule has 6 nitrogen and oxygen atoms in total. The number of aromatic nitrogens is 2. The lowest BCUT2D eigenvalue weighted by Crippen LogP contribution is -2.31. The maximum absolute atomic E-state index is 12.5. The molecule has 1 heterocycles. The Bertz CT molecular complexity index is 859. The van der Waals surface area contributed by atoms with E-state index in [0.717, 1.165) is 12.0 Å². The third kappa shape index (κ3) is 4.24. The van der Waals surface area contributed by atoms with Gasteiger partial charge in [-0.3, -0.25) is 0 Å². The number of sulfonamides is 1. The molecule has 0 spiro atoms. The van der Waals surface area contributed by atoms with Crippen molar-refractivity contribution in [1.82, 2.24) is 14.9 Å². The fourth-order valence-electron chi connectivity index (χ4n) is 2.58. The van der Waals surface area contributed by atoms with Crippen LogP contribution in [0, 0.1) is 0 Å². The number of hydrogen-bond acceptors (Lipinski definition) is 5. The molecule has 26 heavy (non-hydrogen) atoms. The van der Waals surface area contributed by atoms with E-state index in [2.05, 4.69) is 19.4 Å². The van der Waals surface area contributed by atoms with Gasteiger partial charge in [0.15, 0.2) is 0 Å². The molecule has 2 aromatic rings. The summed E-state index contributed by atoms with van der Waals surface area (Å²) in [6.07, 6.45) is -1.96. The molecule has 0 saturated heterocycles. The first kappa shape index (κ1) is 18.8. The Balaban J connectivity index is 1.79. The SMILES string of the molecule is CCCC(NS(=O)(=O)C1CC1)c1ccc(-c2noc(C(F)(F)F)n2)cc1. The molecule has 1 aliphatic rings. The topological polar surface area (TPSA) is 85.1 Å². The summed E-state index contributed by atoms with van der Waals surface area (Å²) in [6.45, 7) is 1.95. The van der Waals surface area contributed by atoms with Crippen LogP contribution >= 0.6 is 0 Å². The predicted octanol–water partition coefficient (Wildman–Crippen LogP) is 3.68. The monoisotopic (exact) mass is 389 g/mol. The summed E-state index contributed by atoms with van der Waals surface area (Å²) in [6, 6.07) is 6.04. The Hall–Kier alpha value is -1.94. The molecule has 0 bridgehead atoms. The van der Waals surface area contributed by atoms with Crippen LogP contribution in [0.25, 0.3) is 11.4 Å². The van der Waals surface area contributed by atoms with Crippen LogP contribution in [0.5, 0.6) is 0 Å². The van der Waals surface area contributed by atoms with Crippen molar-refractivity contribution in [1.29, 1.82) is 0 Å². The zero-order valence-electron chi connectivity index (χ0n) is 14.0. The Kier molecular flexibility index (Phi) is 5.07. The van der Waals surface area contributed by atoms with E-state index >= 15 is 0 Å². The highest BCUT2D eigenvalue weighted by atomic mass is 32.2. The van der Waals surface area contributed by atoms with E-state index in [-0.39, 0.29) is 17.1 Å². The van der Waals surface area contributed by atoms with E-state index in [1.165, 1.54) is 0 Å². The third-order valence-electron chi connectivity index (χ3n) is 4.09. The molecule has 0 radical (unpaired) electrons. The van der Waals surface area contributed by atoms with Gasteiger partial charge in [-0.1, -0.05) is 42.8 Å². The number of halogens is 3. The lowest BCUT2D eigenvalue weighted by molar-refractivity contribution is -0.159. The molecular weight excluding hydrogens is 371 g/mol. The number of rotatable bonds is 7. The second-order valence-corrected chi connectivity index (χ2v) is 8.24. The van der Waals surface area contributed by atoms with Crippen molar-refractivity contribution in [2.24, 2.45) is 0 Å². The van der Waals surface area contributed by atoms with Crippen molar-refractivity contribution in [2.45, 2.75) is 50.1 Å². The molecule has 142 valence electrons. The smallest absolute Gasteiger partial charge is 0.329 e. The molecule has 1 atom stereocenters. The van der Waals surface area contributed by atoms with Gasteiger partial charge in [-0.25, -0.2) is 13.1 Å². The van der Waals surface area contributed by atoms with Crippen molar-refractivity contribution in [3.8, 4) is 11.4 Å². The van der Waals surface area contributed by atoms with Crippen molar-refractivity contribution in [2.75, 3.05) is 0 Å². The summed E-state index contributed by atoms with van der Waals surface area (Å²) in [5.41, 5.74) is 1.09. The lowest BCUT2D eigenvalue weighted by Gasteiger charge is -2.18. The Morgan fingerprint density at radius 1 is 1.27 bits per heavy atom. The molecule has 1 aliphatic carbocycles. The normalized spacial score (nSPS) is 16.6. The molecule has 1 unspecified atom stereocenters. The van der Waals surface area contributed by atoms with E-state index in [1.807, 2.05) is 6.92 Å². The summed E-state index contributed by atoms with van der Waals surface area (Å²) in [5.74, 6) is -1.58. The van der Waals surface area contributed by atoms with Gasteiger partial charge < -0.3 is 4.52 Å². The van der Waals surface area contributed by atoms with E-state index in [4.69, 9.17) is 0 Å². The third-order valence-corrected chi connectivity index (χ3v) is 6.05. The molecule has 0 amide bonds. The van der Waals surface area contributed by atoms with Gasteiger partial charge in [-0.2, -0.15) is 18.2 Å². The molecule has 3 rings (SSSR count). The van der Waals surface area contributed by atoms with E-state index in [9.17, 15) is 21.6 Å². The predicted molar refractivity (Wildman–Crippen MR) is 87.5 cm³/mol. The molecular formula is C16H18F3N3O3S.